The van der Waals surface area contributed by atoms with E-state index in [1.165, 1.54) is 0 Å². The summed E-state index contributed by atoms with van der Waals surface area (Å²) in [5.41, 5.74) is 4.53. The Kier molecular flexibility index (Phi) is 6.60. The van der Waals surface area contributed by atoms with E-state index in [1.807, 2.05) is 0 Å². The largest absolute Gasteiger partial charge is 0.366 e. The van der Waals surface area contributed by atoms with Crippen LogP contribution in [0.3, 0.4) is 0 Å². The van der Waals surface area contributed by atoms with Crippen LogP contribution in [-0.4, -0.2) is 25.9 Å². The quantitative estimate of drug-likeness (QED) is 0.343. The Hall–Kier alpha value is -0.910. The average Bonchev–Trinajstić information content (AvgIpc) is 2.09. The van der Waals surface area contributed by atoms with Gasteiger partial charge in [-0.3, -0.25) is 20.7 Å². The highest BCUT2D eigenvalue weighted by Crippen LogP contribution is 1.56. The first-order valence-corrected chi connectivity index (χ1v) is 3.31. The van der Waals surface area contributed by atoms with Crippen LogP contribution in [0.15, 0.2) is 12.7 Å². The van der Waals surface area contributed by atoms with Crippen LogP contribution in [0.4, 0.5) is 0 Å². The van der Waals surface area contributed by atoms with E-state index < -0.39 is 5.91 Å². The highest BCUT2D eigenvalue weighted by molar-refractivity contribution is 5.84. The molecule has 1 saturated heterocycles. The van der Waals surface area contributed by atoms with Crippen LogP contribution in [0.5, 0.6) is 0 Å². The first-order valence-electron chi connectivity index (χ1n) is 3.31. The molecule has 0 atom stereocenters. The molecule has 0 unspecified atom stereocenters. The van der Waals surface area contributed by atoms with Gasteiger partial charge in [0.25, 0.3) is 0 Å². The van der Waals surface area contributed by atoms with E-state index in [0.29, 0.717) is 0 Å². The predicted molar refractivity (Wildman–Crippen MR) is 43.4 cm³/mol. The van der Waals surface area contributed by atoms with Gasteiger partial charge in [0.05, 0.1) is 0 Å². The maximum absolute atomic E-state index is 9.47. The van der Waals surface area contributed by atoms with Gasteiger partial charge in [0.2, 0.25) is 5.91 Å². The molecule has 0 aliphatic carbocycles. The predicted octanol–water partition coefficient (Wildman–Crippen LogP) is -1.70. The highest BCUT2D eigenvalue weighted by Gasteiger charge is 1.89. The van der Waals surface area contributed by atoms with Crippen molar-refractivity contribution in [2.24, 2.45) is 5.73 Å². The molecule has 5 nitrogen and oxygen atoms in total. The second-order valence-corrected chi connectivity index (χ2v) is 1.89. The Labute approximate surface area is 66.0 Å². The summed E-state index contributed by atoms with van der Waals surface area (Å²) in [4.78, 5) is 9.47. The van der Waals surface area contributed by atoms with Crippen LogP contribution in [0.1, 0.15) is 0 Å². The van der Waals surface area contributed by atoms with Crippen molar-refractivity contribution in [1.82, 2.24) is 16.0 Å². The summed E-state index contributed by atoms with van der Waals surface area (Å²) < 4.78 is 0. The minimum Gasteiger partial charge on any atom is -0.366 e. The molecule has 0 saturated carbocycles. The van der Waals surface area contributed by atoms with Crippen LogP contribution in [-0.2, 0) is 4.79 Å². The van der Waals surface area contributed by atoms with Crippen molar-refractivity contribution < 1.29 is 4.79 Å². The lowest BCUT2D eigenvalue weighted by Crippen LogP contribution is -2.47. The van der Waals surface area contributed by atoms with Gasteiger partial charge in [0, 0.05) is 20.0 Å². The summed E-state index contributed by atoms with van der Waals surface area (Å²) in [6, 6.07) is 0. The molecule has 1 aliphatic rings. The molecule has 0 aromatic carbocycles. The van der Waals surface area contributed by atoms with Gasteiger partial charge < -0.3 is 5.73 Å². The minimum absolute atomic E-state index is 0.481. The van der Waals surface area contributed by atoms with Gasteiger partial charge >= 0.3 is 0 Å². The molecule has 0 aromatic rings. The first-order chi connectivity index (χ1) is 5.27. The molecule has 0 radical (unpaired) electrons. The number of nitrogens with two attached hydrogens (primary N) is 1. The lowest BCUT2D eigenvalue weighted by Gasteiger charge is -2.13. The maximum Gasteiger partial charge on any atom is 0.240 e. The highest BCUT2D eigenvalue weighted by atomic mass is 16.1. The molecule has 0 bridgehead atoms. The third-order valence-corrected chi connectivity index (χ3v) is 0.951. The normalized spacial score (nSPS) is 16.0. The molecule has 1 amide bonds. The van der Waals surface area contributed by atoms with Crippen molar-refractivity contribution in [3.8, 4) is 0 Å². The van der Waals surface area contributed by atoms with Gasteiger partial charge in [-0.25, -0.2) is 0 Å². The second-order valence-electron chi connectivity index (χ2n) is 1.89. The molecule has 0 spiro atoms. The fraction of sp³-hybridized carbons (Fsp3) is 0.500. The molecule has 64 valence electrons. The second kappa shape index (κ2) is 7.20. The summed E-state index contributed by atoms with van der Waals surface area (Å²) in [7, 11) is 0. The fourth-order valence-electron chi connectivity index (χ4n) is 0.453. The number of carbonyl (C=O) groups excluding carboxylic acids is 1. The van der Waals surface area contributed by atoms with Crippen LogP contribution < -0.4 is 21.7 Å². The standard InChI is InChI=1S/C3H9N3.C3H5NO/c1-4-2-6-3-5-1;1-2-3(4)5/h4-6H,1-3H2;2H,1H2,(H2,4,5). The number of hydrogen-bond donors (Lipinski definition) is 4. The monoisotopic (exact) mass is 158 g/mol. The summed E-state index contributed by atoms with van der Waals surface area (Å²) in [6.07, 6.45) is 1.06. The molecular weight excluding hydrogens is 144 g/mol. The SMILES string of the molecule is C1NCNCN1.C=CC(N)=O. The molecule has 5 N–H and O–H groups in total. The molecule has 1 heterocycles. The Morgan fingerprint density at radius 1 is 1.27 bits per heavy atom. The van der Waals surface area contributed by atoms with E-state index in [0.717, 1.165) is 26.1 Å². The van der Waals surface area contributed by atoms with E-state index in [4.69, 9.17) is 0 Å². The van der Waals surface area contributed by atoms with Crippen LogP contribution in [0, 0.1) is 0 Å². The van der Waals surface area contributed by atoms with Gasteiger partial charge in [0.1, 0.15) is 0 Å². The molecule has 11 heavy (non-hydrogen) atoms. The maximum atomic E-state index is 9.47. The number of primary amides is 1. The zero-order chi connectivity index (χ0) is 8.53. The Morgan fingerprint density at radius 2 is 1.55 bits per heavy atom. The lowest BCUT2D eigenvalue weighted by molar-refractivity contribution is -0.113. The van der Waals surface area contributed by atoms with Gasteiger partial charge in [-0.2, -0.15) is 0 Å². The van der Waals surface area contributed by atoms with Crippen molar-refractivity contribution in [3.63, 3.8) is 0 Å². The van der Waals surface area contributed by atoms with Crippen LogP contribution in [0.25, 0.3) is 0 Å². The first kappa shape index (κ1) is 10.1. The van der Waals surface area contributed by atoms with Crippen molar-refractivity contribution >= 4 is 5.91 Å². The Balaban J connectivity index is 0.000000187. The molecular formula is C6H14N4O. The fourth-order valence-corrected chi connectivity index (χ4v) is 0.453. The molecule has 1 fully saturated rings. The summed E-state index contributed by atoms with van der Waals surface area (Å²) in [5, 5.41) is 9.19. The van der Waals surface area contributed by atoms with E-state index in [1.54, 1.807) is 0 Å². The molecule has 1 aliphatic heterocycles. The number of rotatable bonds is 1. The third kappa shape index (κ3) is 9.09. The van der Waals surface area contributed by atoms with Gasteiger partial charge in [-0.15, -0.1) is 0 Å². The van der Waals surface area contributed by atoms with Crippen molar-refractivity contribution in [2.45, 2.75) is 0 Å². The lowest BCUT2D eigenvalue weighted by atomic mass is 10.6. The summed E-state index contributed by atoms with van der Waals surface area (Å²) in [5.74, 6) is -0.481. The minimum atomic E-state index is -0.481. The number of carbonyl (C=O) groups is 1. The average molecular weight is 158 g/mol. The zero-order valence-electron chi connectivity index (χ0n) is 6.39. The third-order valence-electron chi connectivity index (χ3n) is 0.951. The molecule has 5 heteroatoms. The summed E-state index contributed by atoms with van der Waals surface area (Å²) >= 11 is 0. The Morgan fingerprint density at radius 3 is 1.64 bits per heavy atom. The zero-order valence-corrected chi connectivity index (χ0v) is 6.39. The Bertz CT molecular complexity index is 110. The van der Waals surface area contributed by atoms with E-state index in [9.17, 15) is 4.79 Å². The van der Waals surface area contributed by atoms with Gasteiger partial charge in [-0.05, 0) is 6.08 Å². The van der Waals surface area contributed by atoms with Gasteiger partial charge in [-0.1, -0.05) is 6.58 Å². The summed E-state index contributed by atoms with van der Waals surface area (Å²) in [6.45, 7) is 5.90. The number of amides is 1. The van der Waals surface area contributed by atoms with E-state index in [-0.39, 0.29) is 0 Å². The van der Waals surface area contributed by atoms with Crippen LogP contribution >= 0.6 is 0 Å². The molecule has 1 rings (SSSR count). The van der Waals surface area contributed by atoms with E-state index in [2.05, 4.69) is 28.3 Å². The van der Waals surface area contributed by atoms with Crippen molar-refractivity contribution in [1.29, 1.82) is 0 Å². The van der Waals surface area contributed by atoms with E-state index >= 15 is 0 Å². The van der Waals surface area contributed by atoms with Crippen molar-refractivity contribution in [2.75, 3.05) is 20.0 Å². The topological polar surface area (TPSA) is 79.2 Å². The van der Waals surface area contributed by atoms with Gasteiger partial charge in [0.15, 0.2) is 0 Å². The van der Waals surface area contributed by atoms with Crippen LogP contribution in [0.2, 0.25) is 0 Å². The molecule has 0 aromatic heterocycles. The number of hydrogen-bond acceptors (Lipinski definition) is 4. The van der Waals surface area contributed by atoms with Crippen molar-refractivity contribution in [3.05, 3.63) is 12.7 Å². The number of nitrogens with one attached hydrogen (secondary N) is 3. The smallest absolute Gasteiger partial charge is 0.240 e.